The number of aromatic nitrogens is 2. The van der Waals surface area contributed by atoms with Gasteiger partial charge in [-0.05, 0) is 58.4 Å². The molecule has 4 aliphatic rings. The summed E-state index contributed by atoms with van der Waals surface area (Å²) in [7, 11) is 1.94. The molecule has 4 aliphatic heterocycles. The van der Waals surface area contributed by atoms with Crippen LogP contribution < -0.4 is 10.2 Å². The Labute approximate surface area is 229 Å². The average molecular weight is 537 g/mol. The van der Waals surface area contributed by atoms with E-state index in [2.05, 4.69) is 27.2 Å². The van der Waals surface area contributed by atoms with Crippen molar-refractivity contribution in [1.29, 1.82) is 0 Å². The van der Waals surface area contributed by atoms with Crippen LogP contribution in [-0.4, -0.2) is 87.9 Å². The first kappa shape index (κ1) is 26.1. The van der Waals surface area contributed by atoms with Gasteiger partial charge in [0.2, 0.25) is 11.8 Å². The SMILES string of the molecule is Cn1nc(C2CCC(=O)NC2=O)c2cccc(N3CCC(CN4C[C@H]5C[C@@H]4CN5C(=O)OC(C)(C)C)CC3)c21. The Hall–Kier alpha value is -3.14. The molecular weight excluding hydrogens is 496 g/mol. The van der Waals surface area contributed by atoms with Gasteiger partial charge in [-0.15, -0.1) is 0 Å². The fourth-order valence-corrected chi connectivity index (χ4v) is 7.02. The van der Waals surface area contributed by atoms with E-state index in [0.717, 1.165) is 74.3 Å². The summed E-state index contributed by atoms with van der Waals surface area (Å²) in [5.74, 6) is -0.209. The van der Waals surface area contributed by atoms with Gasteiger partial charge in [-0.2, -0.15) is 5.10 Å². The molecule has 3 amide bonds. The number of hydrogen-bond donors (Lipinski definition) is 1. The molecular formula is C29H40N6O4. The van der Waals surface area contributed by atoms with Crippen molar-refractivity contribution in [3.63, 3.8) is 0 Å². The number of imide groups is 1. The van der Waals surface area contributed by atoms with Gasteiger partial charge in [0.25, 0.3) is 0 Å². The monoisotopic (exact) mass is 536 g/mol. The number of hydrogen-bond acceptors (Lipinski definition) is 7. The number of piperidine rings is 2. The zero-order valence-electron chi connectivity index (χ0n) is 23.5. The van der Waals surface area contributed by atoms with E-state index in [1.807, 2.05) is 43.5 Å². The van der Waals surface area contributed by atoms with Crippen molar-refractivity contribution < 1.29 is 19.1 Å². The predicted molar refractivity (Wildman–Crippen MR) is 147 cm³/mol. The molecule has 10 nitrogen and oxygen atoms in total. The van der Waals surface area contributed by atoms with Gasteiger partial charge in [0.05, 0.1) is 22.8 Å². The van der Waals surface area contributed by atoms with E-state index in [1.165, 1.54) is 0 Å². The lowest BCUT2D eigenvalue weighted by Gasteiger charge is -2.39. The molecule has 210 valence electrons. The number of nitrogens with one attached hydrogen (secondary N) is 1. The number of carbonyl (C=O) groups is 3. The molecule has 5 heterocycles. The molecule has 39 heavy (non-hydrogen) atoms. The van der Waals surface area contributed by atoms with Crippen LogP contribution in [0.5, 0.6) is 0 Å². The van der Waals surface area contributed by atoms with Crippen LogP contribution in [0, 0.1) is 5.92 Å². The van der Waals surface area contributed by atoms with E-state index in [4.69, 9.17) is 9.84 Å². The zero-order valence-corrected chi connectivity index (χ0v) is 23.5. The lowest BCUT2D eigenvalue weighted by atomic mass is 9.92. The van der Waals surface area contributed by atoms with Crippen molar-refractivity contribution in [1.82, 2.24) is 24.9 Å². The Bertz CT molecular complexity index is 1290. The number of piperazine rings is 1. The Balaban J connectivity index is 1.08. The summed E-state index contributed by atoms with van der Waals surface area (Å²) in [6, 6.07) is 6.96. The third-order valence-electron chi connectivity index (χ3n) is 8.87. The number of amides is 3. The van der Waals surface area contributed by atoms with Gasteiger partial charge in [0, 0.05) is 63.7 Å². The molecule has 3 atom stereocenters. The molecule has 10 heteroatoms. The quantitative estimate of drug-likeness (QED) is 0.600. The molecule has 1 aromatic carbocycles. The Morgan fingerprint density at radius 3 is 2.54 bits per heavy atom. The van der Waals surface area contributed by atoms with Crippen LogP contribution in [-0.2, 0) is 21.4 Å². The number of likely N-dealkylation sites (tertiary alicyclic amines) is 2. The van der Waals surface area contributed by atoms with Crippen molar-refractivity contribution in [2.24, 2.45) is 13.0 Å². The van der Waals surface area contributed by atoms with E-state index in [0.29, 0.717) is 24.8 Å². The topological polar surface area (TPSA) is 100 Å². The van der Waals surface area contributed by atoms with Gasteiger partial charge in [0.1, 0.15) is 5.60 Å². The van der Waals surface area contributed by atoms with Crippen molar-refractivity contribution in [2.45, 2.75) is 76.5 Å². The van der Waals surface area contributed by atoms with E-state index in [9.17, 15) is 14.4 Å². The smallest absolute Gasteiger partial charge is 0.410 e. The van der Waals surface area contributed by atoms with Crippen LogP contribution in [0.1, 0.15) is 64.5 Å². The van der Waals surface area contributed by atoms with Gasteiger partial charge < -0.3 is 14.5 Å². The van der Waals surface area contributed by atoms with Crippen molar-refractivity contribution >= 4 is 34.5 Å². The predicted octanol–water partition coefficient (Wildman–Crippen LogP) is 3.00. The number of aryl methyl sites for hydroxylation is 1. The second kappa shape index (κ2) is 9.80. The summed E-state index contributed by atoms with van der Waals surface area (Å²) >= 11 is 0. The number of nitrogens with zero attached hydrogens (tertiary/aromatic N) is 5. The van der Waals surface area contributed by atoms with E-state index in [-0.39, 0.29) is 23.9 Å². The first-order valence-corrected chi connectivity index (χ1v) is 14.4. The first-order valence-electron chi connectivity index (χ1n) is 14.4. The summed E-state index contributed by atoms with van der Waals surface area (Å²) in [6.45, 7) is 10.5. The van der Waals surface area contributed by atoms with Gasteiger partial charge in [-0.25, -0.2) is 4.79 Å². The normalized spacial score (nSPS) is 26.5. The number of benzene rings is 1. The summed E-state index contributed by atoms with van der Waals surface area (Å²) in [4.78, 5) is 43.8. The summed E-state index contributed by atoms with van der Waals surface area (Å²) in [5, 5.41) is 8.23. The molecule has 4 fully saturated rings. The van der Waals surface area contributed by atoms with Crippen molar-refractivity contribution in [3.8, 4) is 0 Å². The third-order valence-corrected chi connectivity index (χ3v) is 8.87. The number of carbonyl (C=O) groups excluding carboxylic acids is 3. The van der Waals surface area contributed by atoms with Crippen molar-refractivity contribution in [2.75, 3.05) is 37.6 Å². The number of fused-ring (bicyclic) bond motifs is 3. The second-order valence-electron chi connectivity index (χ2n) is 12.7. The van der Waals surface area contributed by atoms with Gasteiger partial charge in [-0.3, -0.25) is 24.5 Å². The highest BCUT2D eigenvalue weighted by Gasteiger charge is 2.47. The fourth-order valence-electron chi connectivity index (χ4n) is 7.02. The Morgan fingerprint density at radius 1 is 1.10 bits per heavy atom. The molecule has 0 aliphatic carbocycles. The highest BCUT2D eigenvalue weighted by Crippen LogP contribution is 2.37. The largest absolute Gasteiger partial charge is 0.444 e. The molecule has 1 aromatic heterocycles. The Kier molecular flexibility index (Phi) is 6.56. The average Bonchev–Trinajstić information content (AvgIpc) is 3.57. The van der Waals surface area contributed by atoms with E-state index in [1.54, 1.807) is 0 Å². The molecule has 0 radical (unpaired) electrons. The number of ether oxygens (including phenoxy) is 1. The van der Waals surface area contributed by atoms with Crippen LogP contribution in [0.4, 0.5) is 10.5 Å². The van der Waals surface area contributed by atoms with Gasteiger partial charge >= 0.3 is 6.09 Å². The maximum Gasteiger partial charge on any atom is 0.410 e. The summed E-state index contributed by atoms with van der Waals surface area (Å²) < 4.78 is 7.52. The molecule has 4 saturated heterocycles. The fraction of sp³-hybridized carbons (Fsp3) is 0.655. The van der Waals surface area contributed by atoms with Crippen LogP contribution in [0.25, 0.3) is 10.9 Å². The van der Waals surface area contributed by atoms with Crippen LogP contribution in [0.2, 0.25) is 0 Å². The minimum absolute atomic E-state index is 0.173. The van der Waals surface area contributed by atoms with Crippen LogP contribution in [0.15, 0.2) is 18.2 Å². The first-order chi connectivity index (χ1) is 18.6. The lowest BCUT2D eigenvalue weighted by Crippen LogP contribution is -2.51. The molecule has 2 bridgehead atoms. The Morgan fingerprint density at radius 2 is 1.87 bits per heavy atom. The van der Waals surface area contributed by atoms with Crippen LogP contribution in [0.3, 0.4) is 0 Å². The molecule has 0 spiro atoms. The molecule has 6 rings (SSSR count). The van der Waals surface area contributed by atoms with Crippen molar-refractivity contribution in [3.05, 3.63) is 23.9 Å². The van der Waals surface area contributed by atoms with E-state index >= 15 is 0 Å². The van der Waals surface area contributed by atoms with Gasteiger partial charge in [-0.1, -0.05) is 12.1 Å². The molecule has 1 N–H and O–H groups in total. The van der Waals surface area contributed by atoms with E-state index < -0.39 is 11.5 Å². The van der Waals surface area contributed by atoms with Gasteiger partial charge in [0.15, 0.2) is 0 Å². The zero-order chi connectivity index (χ0) is 27.5. The lowest BCUT2D eigenvalue weighted by molar-refractivity contribution is -0.134. The molecule has 0 saturated carbocycles. The maximum absolute atomic E-state index is 12.6. The number of rotatable bonds is 4. The number of para-hydroxylation sites is 1. The second-order valence-corrected chi connectivity index (χ2v) is 12.7. The number of anilines is 1. The maximum atomic E-state index is 12.6. The minimum Gasteiger partial charge on any atom is -0.444 e. The third kappa shape index (κ3) is 4.99. The summed E-state index contributed by atoms with van der Waals surface area (Å²) in [5.41, 5.74) is 2.51. The molecule has 2 aromatic rings. The molecule has 1 unspecified atom stereocenters. The summed E-state index contributed by atoms with van der Waals surface area (Å²) in [6.07, 6.45) is 3.97. The minimum atomic E-state index is -0.459. The van der Waals surface area contributed by atoms with Crippen LogP contribution >= 0.6 is 0 Å². The standard InChI is InChI=1S/C29H40N6O4/c1-29(2,3)39-28(38)35-17-19-14-20(35)16-34(19)15-18-10-12-33(13-11-18)23-7-5-6-21-25(31-32(4)26(21)23)22-8-9-24(36)30-27(22)37/h5-7,18-20,22H,8-17H2,1-4H3,(H,30,36,37)/t19-,20-,22?/m1/s1. The highest BCUT2D eigenvalue weighted by atomic mass is 16.6. The highest BCUT2D eigenvalue weighted by molar-refractivity contribution is 6.03.